The molecule has 0 radical (unpaired) electrons. The summed E-state index contributed by atoms with van der Waals surface area (Å²) in [7, 11) is 1.23. The van der Waals surface area contributed by atoms with Crippen LogP contribution in [0.3, 0.4) is 0 Å². The van der Waals surface area contributed by atoms with Crippen LogP contribution in [0.15, 0.2) is 0 Å². The van der Waals surface area contributed by atoms with E-state index in [-0.39, 0.29) is 0 Å². The van der Waals surface area contributed by atoms with Crippen molar-refractivity contribution in [1.29, 1.82) is 0 Å². The largest absolute Gasteiger partial charge is 0.421 e. The lowest BCUT2D eigenvalue weighted by molar-refractivity contribution is 0.236. The Kier molecular flexibility index (Phi) is 4.84. The third kappa shape index (κ3) is 3.28. The van der Waals surface area contributed by atoms with E-state index in [0.717, 1.165) is 6.54 Å². The Bertz CT molecular complexity index is 87.7. The number of hydrogen-bond acceptors (Lipinski definition) is 4. The molecule has 0 atom stereocenters. The molecule has 0 rings (SSSR count). The van der Waals surface area contributed by atoms with E-state index < -0.39 is 8.72 Å². The lowest BCUT2D eigenvalue weighted by Gasteiger charge is -2.22. The monoisotopic (exact) mass is 164 g/mol. The lowest BCUT2D eigenvalue weighted by Crippen LogP contribution is -2.53. The Morgan fingerprint density at radius 2 is 1.90 bits per heavy atom. The highest BCUT2D eigenvalue weighted by Gasteiger charge is 2.27. The summed E-state index contributed by atoms with van der Waals surface area (Å²) in [6.07, 6.45) is 0. The summed E-state index contributed by atoms with van der Waals surface area (Å²) in [6.45, 7) is 3.28. The molecule has 0 aliphatic carbocycles. The second-order valence-corrected chi connectivity index (χ2v) is 5.13. The Labute approximate surface area is 63.0 Å². The van der Waals surface area contributed by atoms with Crippen molar-refractivity contribution in [1.82, 2.24) is 4.98 Å². The van der Waals surface area contributed by atoms with Crippen molar-refractivity contribution < 1.29 is 8.85 Å². The van der Waals surface area contributed by atoms with Crippen LogP contribution in [0, 0.1) is 0 Å². The summed E-state index contributed by atoms with van der Waals surface area (Å²) < 4.78 is 10.3. The molecule has 3 N–H and O–H groups in total. The van der Waals surface area contributed by atoms with Gasteiger partial charge in [0.05, 0.1) is 0 Å². The SMILES string of the molecule is CO[Si](C)(NCCN)OC. The average Bonchev–Trinajstić information content (AvgIpc) is 2.00. The van der Waals surface area contributed by atoms with Crippen molar-refractivity contribution in [2.24, 2.45) is 5.73 Å². The molecular formula is C5H16N2O2Si. The van der Waals surface area contributed by atoms with Gasteiger partial charge in [-0.2, -0.15) is 0 Å². The van der Waals surface area contributed by atoms with Gasteiger partial charge in [-0.15, -0.1) is 0 Å². The molecule has 0 aliphatic rings. The first-order valence-corrected chi connectivity index (χ1v) is 5.55. The van der Waals surface area contributed by atoms with E-state index in [1.54, 1.807) is 14.2 Å². The van der Waals surface area contributed by atoms with Crippen LogP contribution in [-0.2, 0) is 8.85 Å². The second kappa shape index (κ2) is 4.81. The smallest absolute Gasteiger partial charge is 0.386 e. The molecule has 0 aromatic carbocycles. The fourth-order valence-electron chi connectivity index (χ4n) is 0.527. The first-order valence-electron chi connectivity index (χ1n) is 3.24. The van der Waals surface area contributed by atoms with Crippen LogP contribution >= 0.6 is 0 Å². The van der Waals surface area contributed by atoms with Crippen LogP contribution < -0.4 is 10.7 Å². The van der Waals surface area contributed by atoms with E-state index in [9.17, 15) is 0 Å². The van der Waals surface area contributed by atoms with Gasteiger partial charge >= 0.3 is 8.72 Å². The zero-order valence-electron chi connectivity index (χ0n) is 6.81. The summed E-state index contributed by atoms with van der Waals surface area (Å²) >= 11 is 0. The molecule has 4 nitrogen and oxygen atoms in total. The van der Waals surface area contributed by atoms with Crippen LogP contribution in [0.1, 0.15) is 0 Å². The number of nitrogens with two attached hydrogens (primary N) is 1. The minimum Gasteiger partial charge on any atom is -0.386 e. The molecule has 0 heterocycles. The normalized spacial score (nSPS) is 12.0. The van der Waals surface area contributed by atoms with E-state index in [1.165, 1.54) is 0 Å². The summed E-state index contributed by atoms with van der Waals surface area (Å²) in [4.78, 5) is 3.11. The van der Waals surface area contributed by atoms with Gasteiger partial charge in [0.15, 0.2) is 0 Å². The minimum absolute atomic E-state index is 0.606. The molecule has 0 fully saturated rings. The fourth-order valence-corrected chi connectivity index (χ4v) is 1.58. The molecule has 62 valence electrons. The standard InChI is InChI=1S/C5H16N2O2Si/c1-8-10(3,9-2)7-5-4-6/h7H,4-6H2,1-3H3. The highest BCUT2D eigenvalue weighted by atomic mass is 28.4. The first-order chi connectivity index (χ1) is 4.68. The average molecular weight is 164 g/mol. The van der Waals surface area contributed by atoms with Gasteiger partial charge in [0.1, 0.15) is 0 Å². The number of rotatable bonds is 5. The molecule has 0 aromatic rings. The van der Waals surface area contributed by atoms with Crippen molar-refractivity contribution in [3.63, 3.8) is 0 Å². The first kappa shape index (κ1) is 10.1. The van der Waals surface area contributed by atoms with Gasteiger partial charge in [-0.25, -0.2) is 0 Å². The topological polar surface area (TPSA) is 56.5 Å². The Morgan fingerprint density at radius 3 is 2.20 bits per heavy atom. The molecule has 0 spiro atoms. The predicted octanol–water partition coefficient (Wildman–Crippen LogP) is -0.604. The van der Waals surface area contributed by atoms with Crippen LogP contribution in [-0.4, -0.2) is 36.0 Å². The fraction of sp³-hybridized carbons (Fsp3) is 1.00. The summed E-state index contributed by atoms with van der Waals surface area (Å²) in [5.41, 5.74) is 5.29. The maximum absolute atomic E-state index is 5.29. The van der Waals surface area contributed by atoms with E-state index in [0.29, 0.717) is 6.54 Å². The van der Waals surface area contributed by atoms with Gasteiger partial charge in [0.25, 0.3) is 0 Å². The van der Waals surface area contributed by atoms with Gasteiger partial charge in [0.2, 0.25) is 0 Å². The van der Waals surface area contributed by atoms with Crippen molar-refractivity contribution in [3.8, 4) is 0 Å². The third-order valence-electron chi connectivity index (χ3n) is 1.37. The molecule has 0 unspecified atom stereocenters. The molecule has 10 heavy (non-hydrogen) atoms. The molecule has 5 heteroatoms. The molecular weight excluding hydrogens is 148 g/mol. The maximum atomic E-state index is 5.29. The Morgan fingerprint density at radius 1 is 1.40 bits per heavy atom. The van der Waals surface area contributed by atoms with E-state index in [1.807, 2.05) is 6.55 Å². The minimum atomic E-state index is -2.05. The predicted molar refractivity (Wildman–Crippen MR) is 42.7 cm³/mol. The van der Waals surface area contributed by atoms with E-state index in [4.69, 9.17) is 14.6 Å². The maximum Gasteiger partial charge on any atom is 0.421 e. The molecule has 0 aliphatic heterocycles. The zero-order valence-corrected chi connectivity index (χ0v) is 7.81. The Hall–Kier alpha value is 0.0569. The van der Waals surface area contributed by atoms with Gasteiger partial charge in [-0.05, 0) is 6.55 Å². The van der Waals surface area contributed by atoms with E-state index >= 15 is 0 Å². The lowest BCUT2D eigenvalue weighted by atomic mass is 10.7. The van der Waals surface area contributed by atoms with E-state index in [2.05, 4.69) is 4.98 Å². The summed E-state index contributed by atoms with van der Waals surface area (Å²) in [5.74, 6) is 0. The second-order valence-electron chi connectivity index (χ2n) is 2.07. The molecule has 0 bridgehead atoms. The van der Waals surface area contributed by atoms with Crippen molar-refractivity contribution in [2.45, 2.75) is 6.55 Å². The van der Waals surface area contributed by atoms with Gasteiger partial charge in [-0.3, -0.25) is 4.98 Å². The number of hydrogen-bond donors (Lipinski definition) is 2. The van der Waals surface area contributed by atoms with Gasteiger partial charge < -0.3 is 14.6 Å². The quantitative estimate of drug-likeness (QED) is 0.533. The molecule has 0 saturated heterocycles. The summed E-state index contributed by atoms with van der Waals surface area (Å²) in [5, 5.41) is 0. The van der Waals surface area contributed by atoms with Crippen molar-refractivity contribution in [3.05, 3.63) is 0 Å². The summed E-state index contributed by atoms with van der Waals surface area (Å²) in [6, 6.07) is 0. The van der Waals surface area contributed by atoms with Crippen LogP contribution in [0.2, 0.25) is 6.55 Å². The van der Waals surface area contributed by atoms with Crippen LogP contribution in [0.4, 0.5) is 0 Å². The number of nitrogens with one attached hydrogen (secondary N) is 1. The highest BCUT2D eigenvalue weighted by molar-refractivity contribution is 6.63. The zero-order chi connectivity index (χ0) is 8.04. The van der Waals surface area contributed by atoms with Gasteiger partial charge in [0, 0.05) is 27.3 Å². The van der Waals surface area contributed by atoms with Gasteiger partial charge in [-0.1, -0.05) is 0 Å². The molecule has 0 amide bonds. The van der Waals surface area contributed by atoms with Crippen molar-refractivity contribution in [2.75, 3.05) is 27.3 Å². The molecule has 0 aromatic heterocycles. The third-order valence-corrected chi connectivity index (χ3v) is 3.82. The molecule has 0 saturated carbocycles. The Balaban J connectivity index is 3.58. The van der Waals surface area contributed by atoms with Crippen LogP contribution in [0.5, 0.6) is 0 Å². The van der Waals surface area contributed by atoms with Crippen molar-refractivity contribution >= 4 is 8.72 Å². The highest BCUT2D eigenvalue weighted by Crippen LogP contribution is 1.96. The van der Waals surface area contributed by atoms with Crippen LogP contribution in [0.25, 0.3) is 0 Å².